The molecule has 0 radical (unpaired) electrons. The molecule has 1 aliphatic rings. The summed E-state index contributed by atoms with van der Waals surface area (Å²) in [7, 11) is 0. The zero-order valence-corrected chi connectivity index (χ0v) is 12.1. The number of rotatable bonds is 3. The fraction of sp³-hybridized carbons (Fsp3) is 0.538. The van der Waals surface area contributed by atoms with Gasteiger partial charge in [-0.1, -0.05) is 6.92 Å². The quantitative estimate of drug-likeness (QED) is 0.933. The molecule has 0 aliphatic carbocycles. The van der Waals surface area contributed by atoms with Crippen molar-refractivity contribution in [2.75, 3.05) is 25.0 Å². The van der Waals surface area contributed by atoms with Crippen molar-refractivity contribution in [1.29, 1.82) is 0 Å². The van der Waals surface area contributed by atoms with Gasteiger partial charge in [0.2, 0.25) is 5.91 Å². The van der Waals surface area contributed by atoms with E-state index in [2.05, 4.69) is 38.1 Å². The van der Waals surface area contributed by atoms with E-state index in [1.165, 1.54) is 12.8 Å². The largest absolute Gasteiger partial charge is 0.310 e. The van der Waals surface area contributed by atoms with E-state index >= 15 is 0 Å². The summed E-state index contributed by atoms with van der Waals surface area (Å²) in [5.41, 5.74) is 0. The highest BCUT2D eigenvalue weighted by atomic mass is 79.9. The van der Waals surface area contributed by atoms with Crippen molar-refractivity contribution in [3.8, 4) is 0 Å². The highest BCUT2D eigenvalue weighted by molar-refractivity contribution is 9.10. The molecule has 18 heavy (non-hydrogen) atoms. The average Bonchev–Trinajstić information content (AvgIpc) is 2.32. The van der Waals surface area contributed by atoms with Gasteiger partial charge in [-0.25, -0.2) is 4.98 Å². The van der Waals surface area contributed by atoms with Crippen LogP contribution in [0.4, 0.5) is 5.82 Å². The van der Waals surface area contributed by atoms with Crippen LogP contribution in [0.15, 0.2) is 22.8 Å². The molecule has 1 saturated heterocycles. The third-order valence-corrected chi connectivity index (χ3v) is 3.57. The monoisotopic (exact) mass is 311 g/mol. The van der Waals surface area contributed by atoms with Gasteiger partial charge in [-0.05, 0) is 53.4 Å². The zero-order valence-electron chi connectivity index (χ0n) is 10.5. The molecule has 5 heteroatoms. The molecular weight excluding hydrogens is 294 g/mol. The van der Waals surface area contributed by atoms with Gasteiger partial charge >= 0.3 is 0 Å². The molecule has 2 heterocycles. The zero-order chi connectivity index (χ0) is 13.0. The SMILES string of the molecule is CC1CCCN(CC(=O)Nc2ccc(Br)cn2)C1. The van der Waals surface area contributed by atoms with Crippen LogP contribution in [0.2, 0.25) is 0 Å². The van der Waals surface area contributed by atoms with E-state index < -0.39 is 0 Å². The summed E-state index contributed by atoms with van der Waals surface area (Å²) in [5, 5.41) is 2.82. The van der Waals surface area contributed by atoms with Gasteiger partial charge in [0.25, 0.3) is 0 Å². The lowest BCUT2D eigenvalue weighted by Crippen LogP contribution is -2.39. The Bertz CT molecular complexity index is 407. The number of aromatic nitrogens is 1. The van der Waals surface area contributed by atoms with Crippen LogP contribution in [-0.4, -0.2) is 35.4 Å². The van der Waals surface area contributed by atoms with E-state index in [1.807, 2.05) is 6.07 Å². The molecule has 2 rings (SSSR count). The van der Waals surface area contributed by atoms with Crippen LogP contribution < -0.4 is 5.32 Å². The molecular formula is C13H18BrN3O. The minimum Gasteiger partial charge on any atom is -0.310 e. The molecule has 98 valence electrons. The Morgan fingerprint density at radius 2 is 2.44 bits per heavy atom. The number of amides is 1. The molecule has 1 unspecified atom stereocenters. The number of carbonyl (C=O) groups excluding carboxylic acids is 1. The summed E-state index contributed by atoms with van der Waals surface area (Å²) >= 11 is 3.31. The Hall–Kier alpha value is -0.940. The lowest BCUT2D eigenvalue weighted by molar-refractivity contribution is -0.117. The molecule has 1 aromatic rings. The van der Waals surface area contributed by atoms with Crippen LogP contribution in [0.1, 0.15) is 19.8 Å². The van der Waals surface area contributed by atoms with Gasteiger partial charge in [-0.15, -0.1) is 0 Å². The first-order chi connectivity index (χ1) is 8.63. The molecule has 1 amide bonds. The molecule has 0 aromatic carbocycles. The van der Waals surface area contributed by atoms with Crippen molar-refractivity contribution in [3.05, 3.63) is 22.8 Å². The number of likely N-dealkylation sites (tertiary alicyclic amines) is 1. The number of hydrogen-bond donors (Lipinski definition) is 1. The van der Waals surface area contributed by atoms with Crippen molar-refractivity contribution < 1.29 is 4.79 Å². The summed E-state index contributed by atoms with van der Waals surface area (Å²) in [5.74, 6) is 1.31. The number of nitrogens with zero attached hydrogens (tertiary/aromatic N) is 2. The van der Waals surface area contributed by atoms with Crippen molar-refractivity contribution in [2.45, 2.75) is 19.8 Å². The van der Waals surface area contributed by atoms with Crippen LogP contribution in [-0.2, 0) is 4.79 Å². The van der Waals surface area contributed by atoms with Gasteiger partial charge in [0.05, 0.1) is 6.54 Å². The third-order valence-electron chi connectivity index (χ3n) is 3.10. The summed E-state index contributed by atoms with van der Waals surface area (Å²) in [4.78, 5) is 18.2. The molecule has 1 atom stereocenters. The van der Waals surface area contributed by atoms with Crippen LogP contribution in [0.5, 0.6) is 0 Å². The van der Waals surface area contributed by atoms with Gasteiger partial charge in [-0.3, -0.25) is 9.69 Å². The third kappa shape index (κ3) is 4.07. The fourth-order valence-electron chi connectivity index (χ4n) is 2.27. The summed E-state index contributed by atoms with van der Waals surface area (Å²) < 4.78 is 0.908. The van der Waals surface area contributed by atoms with Gasteiger partial charge in [0, 0.05) is 17.2 Å². The van der Waals surface area contributed by atoms with Crippen molar-refractivity contribution in [1.82, 2.24) is 9.88 Å². The van der Waals surface area contributed by atoms with Gasteiger partial charge in [0.15, 0.2) is 0 Å². The maximum Gasteiger partial charge on any atom is 0.239 e. The minimum absolute atomic E-state index is 0.0129. The van der Waals surface area contributed by atoms with Crippen molar-refractivity contribution in [2.24, 2.45) is 5.92 Å². The highest BCUT2D eigenvalue weighted by Gasteiger charge is 2.18. The van der Waals surface area contributed by atoms with Crippen molar-refractivity contribution in [3.63, 3.8) is 0 Å². The van der Waals surface area contributed by atoms with E-state index in [4.69, 9.17) is 0 Å². The molecule has 4 nitrogen and oxygen atoms in total. The van der Waals surface area contributed by atoms with E-state index in [9.17, 15) is 4.79 Å². The first kappa shape index (κ1) is 13.5. The second-order valence-corrected chi connectivity index (χ2v) is 5.81. The van der Waals surface area contributed by atoms with Crippen LogP contribution in [0.25, 0.3) is 0 Å². The first-order valence-electron chi connectivity index (χ1n) is 6.27. The Balaban J connectivity index is 1.83. The van der Waals surface area contributed by atoms with Gasteiger partial charge in [-0.2, -0.15) is 0 Å². The summed E-state index contributed by atoms with van der Waals surface area (Å²) in [6.07, 6.45) is 4.13. The topological polar surface area (TPSA) is 45.2 Å². The van der Waals surface area contributed by atoms with E-state index in [0.717, 1.165) is 17.6 Å². The number of carbonyl (C=O) groups is 1. The number of halogens is 1. The number of anilines is 1. The fourth-order valence-corrected chi connectivity index (χ4v) is 2.50. The molecule has 0 bridgehead atoms. The Kier molecular flexibility index (Phi) is 4.72. The molecule has 1 N–H and O–H groups in total. The van der Waals surface area contributed by atoms with E-state index in [-0.39, 0.29) is 5.91 Å². The van der Waals surface area contributed by atoms with E-state index in [1.54, 1.807) is 12.3 Å². The second-order valence-electron chi connectivity index (χ2n) is 4.89. The van der Waals surface area contributed by atoms with Crippen molar-refractivity contribution >= 4 is 27.7 Å². The highest BCUT2D eigenvalue weighted by Crippen LogP contribution is 2.15. The standard InChI is InChI=1S/C13H18BrN3O/c1-10-3-2-6-17(8-10)9-13(18)16-12-5-4-11(14)7-15-12/h4-5,7,10H,2-3,6,8-9H2,1H3,(H,15,16,18). The Morgan fingerprint density at radius 3 is 3.11 bits per heavy atom. The average molecular weight is 312 g/mol. The molecule has 0 saturated carbocycles. The maximum absolute atomic E-state index is 11.9. The summed E-state index contributed by atoms with van der Waals surface area (Å²) in [6.45, 7) is 4.73. The van der Waals surface area contributed by atoms with Gasteiger partial charge in [0.1, 0.15) is 5.82 Å². The Morgan fingerprint density at radius 1 is 1.61 bits per heavy atom. The Labute approximate surface area is 116 Å². The smallest absolute Gasteiger partial charge is 0.239 e. The lowest BCUT2D eigenvalue weighted by atomic mass is 10.0. The predicted octanol–water partition coefficient (Wildman–Crippen LogP) is 2.51. The van der Waals surface area contributed by atoms with Crippen LogP contribution in [0.3, 0.4) is 0 Å². The molecule has 1 aromatic heterocycles. The first-order valence-corrected chi connectivity index (χ1v) is 7.06. The predicted molar refractivity (Wildman–Crippen MR) is 75.4 cm³/mol. The second kappa shape index (κ2) is 6.29. The molecule has 1 fully saturated rings. The van der Waals surface area contributed by atoms with Gasteiger partial charge < -0.3 is 5.32 Å². The summed E-state index contributed by atoms with van der Waals surface area (Å²) in [6, 6.07) is 3.66. The number of pyridine rings is 1. The molecule has 0 spiro atoms. The lowest BCUT2D eigenvalue weighted by Gasteiger charge is -2.30. The maximum atomic E-state index is 11.9. The number of hydrogen-bond acceptors (Lipinski definition) is 3. The van der Waals surface area contributed by atoms with Crippen LogP contribution in [0, 0.1) is 5.92 Å². The number of nitrogens with one attached hydrogen (secondary N) is 1. The van der Waals surface area contributed by atoms with E-state index in [0.29, 0.717) is 18.3 Å². The van der Waals surface area contributed by atoms with Crippen LogP contribution >= 0.6 is 15.9 Å². The minimum atomic E-state index is 0.0129. The number of piperidine rings is 1. The molecule has 1 aliphatic heterocycles. The normalized spacial score (nSPS) is 20.7.